The summed E-state index contributed by atoms with van der Waals surface area (Å²) in [6, 6.07) is 0. The molecular weight excluding hydrogens is 465 g/mol. The van der Waals surface area contributed by atoms with Gasteiger partial charge in [0, 0.05) is 60.5 Å². The smallest absolute Gasteiger partial charge is 0.251 e. The Bertz CT molecular complexity index is 504. The Kier molecular flexibility index (Phi) is 10.9. The highest BCUT2D eigenvalue weighted by atomic mass is 127. The number of likely N-dealkylation sites (N-methyl/N-ethyl adjacent to an activating group) is 1. The first kappa shape index (κ1) is 23.9. The van der Waals surface area contributed by atoms with E-state index in [2.05, 4.69) is 15.2 Å². The zero-order chi connectivity index (χ0) is 18.9. The van der Waals surface area contributed by atoms with Crippen LogP contribution in [0.2, 0.25) is 0 Å². The van der Waals surface area contributed by atoms with E-state index in [0.29, 0.717) is 51.9 Å². The molecule has 0 aliphatic carbocycles. The second kappa shape index (κ2) is 12.3. The van der Waals surface area contributed by atoms with E-state index >= 15 is 0 Å². The molecule has 2 heterocycles. The summed E-state index contributed by atoms with van der Waals surface area (Å²) in [5.41, 5.74) is 0. The number of aliphatic imine (C=N–C) groups is 1. The Labute approximate surface area is 178 Å². The summed E-state index contributed by atoms with van der Waals surface area (Å²) in [7, 11) is 5.07. The van der Waals surface area contributed by atoms with E-state index in [9.17, 15) is 9.59 Å². The highest BCUT2D eigenvalue weighted by Crippen LogP contribution is 2.16. The van der Waals surface area contributed by atoms with E-state index in [1.165, 1.54) is 4.90 Å². The van der Waals surface area contributed by atoms with Gasteiger partial charge in [0.05, 0.1) is 6.61 Å². The minimum atomic E-state index is -0.271. The summed E-state index contributed by atoms with van der Waals surface area (Å²) >= 11 is 0. The van der Waals surface area contributed by atoms with Crippen LogP contribution in [0.3, 0.4) is 0 Å². The third-order valence-electron chi connectivity index (χ3n) is 4.55. The molecule has 2 fully saturated rings. The van der Waals surface area contributed by atoms with Crippen LogP contribution in [0, 0.1) is 0 Å². The van der Waals surface area contributed by atoms with Crippen molar-refractivity contribution in [3.63, 3.8) is 0 Å². The van der Waals surface area contributed by atoms with Crippen LogP contribution < -0.4 is 5.32 Å². The van der Waals surface area contributed by atoms with Crippen LogP contribution in [0.25, 0.3) is 0 Å². The van der Waals surface area contributed by atoms with Crippen LogP contribution in [0.1, 0.15) is 12.8 Å². The molecule has 0 spiro atoms. The molecule has 2 amide bonds. The van der Waals surface area contributed by atoms with Crippen LogP contribution in [-0.4, -0.2) is 112 Å². The van der Waals surface area contributed by atoms with Crippen molar-refractivity contribution >= 4 is 41.8 Å². The minimum Gasteiger partial charge on any atom is -0.383 e. The van der Waals surface area contributed by atoms with Gasteiger partial charge in [-0.2, -0.15) is 0 Å². The lowest BCUT2D eigenvalue weighted by molar-refractivity contribution is -0.142. The van der Waals surface area contributed by atoms with Gasteiger partial charge in [-0.25, -0.2) is 4.99 Å². The van der Waals surface area contributed by atoms with Crippen LogP contribution in [-0.2, 0) is 19.1 Å². The second-order valence-electron chi connectivity index (χ2n) is 6.66. The lowest BCUT2D eigenvalue weighted by Crippen LogP contribution is -2.55. The second-order valence-corrected chi connectivity index (χ2v) is 6.66. The van der Waals surface area contributed by atoms with Crippen molar-refractivity contribution in [2.75, 3.05) is 73.7 Å². The maximum Gasteiger partial charge on any atom is 0.251 e. The third kappa shape index (κ3) is 7.41. The molecule has 2 saturated heterocycles. The number of amides is 2. The number of nitrogens with zero attached hydrogens (tertiary/aromatic N) is 4. The predicted octanol–water partition coefficient (Wildman–Crippen LogP) is -0.392. The minimum absolute atomic E-state index is 0. The standard InChI is InChI=1S/C17H31N5O4.HI/c1-20(2)15(23)13-19-17(18-6-12-25-3)22-9-7-21(8-10-22)16(24)14-5-4-11-26-14;/h14H,4-13H2,1-3H3,(H,18,19);1H. The molecule has 0 saturated carbocycles. The van der Waals surface area contributed by atoms with E-state index in [1.54, 1.807) is 21.2 Å². The lowest BCUT2D eigenvalue weighted by atomic mass is 10.2. The van der Waals surface area contributed by atoms with E-state index < -0.39 is 0 Å². The van der Waals surface area contributed by atoms with Crippen molar-refractivity contribution in [1.82, 2.24) is 20.0 Å². The molecule has 0 radical (unpaired) electrons. The first-order chi connectivity index (χ1) is 12.5. The number of carbonyl (C=O) groups excluding carboxylic acids is 2. The van der Waals surface area contributed by atoms with Gasteiger partial charge in [0.15, 0.2) is 5.96 Å². The maximum absolute atomic E-state index is 12.4. The highest BCUT2D eigenvalue weighted by Gasteiger charge is 2.30. The molecule has 10 heteroatoms. The zero-order valence-corrected chi connectivity index (χ0v) is 18.8. The normalized spacial score (nSPS) is 20.3. The fourth-order valence-electron chi connectivity index (χ4n) is 2.93. The molecule has 9 nitrogen and oxygen atoms in total. The quantitative estimate of drug-likeness (QED) is 0.233. The summed E-state index contributed by atoms with van der Waals surface area (Å²) < 4.78 is 10.6. The van der Waals surface area contributed by atoms with Crippen molar-refractivity contribution in [2.24, 2.45) is 4.99 Å². The Morgan fingerprint density at radius 3 is 2.44 bits per heavy atom. The first-order valence-electron chi connectivity index (χ1n) is 9.15. The summed E-state index contributed by atoms with van der Waals surface area (Å²) in [4.78, 5) is 34.2. The highest BCUT2D eigenvalue weighted by molar-refractivity contribution is 14.0. The summed E-state index contributed by atoms with van der Waals surface area (Å²) in [6.45, 7) is 4.55. The molecule has 156 valence electrons. The average molecular weight is 497 g/mol. The van der Waals surface area contributed by atoms with Crippen molar-refractivity contribution in [1.29, 1.82) is 0 Å². The predicted molar refractivity (Wildman–Crippen MR) is 113 cm³/mol. The summed E-state index contributed by atoms with van der Waals surface area (Å²) in [6.07, 6.45) is 1.50. The summed E-state index contributed by atoms with van der Waals surface area (Å²) in [5, 5.41) is 3.24. The SMILES string of the molecule is COCCNC(=NCC(=O)N(C)C)N1CCN(C(=O)C2CCCO2)CC1.I. The molecule has 2 aliphatic rings. The van der Waals surface area contributed by atoms with Gasteiger partial charge >= 0.3 is 0 Å². The Morgan fingerprint density at radius 1 is 1.22 bits per heavy atom. The van der Waals surface area contributed by atoms with Gasteiger partial charge in [-0.3, -0.25) is 9.59 Å². The molecule has 0 aromatic heterocycles. The van der Waals surface area contributed by atoms with Crippen molar-refractivity contribution in [3.05, 3.63) is 0 Å². The van der Waals surface area contributed by atoms with Gasteiger partial charge in [0.2, 0.25) is 5.91 Å². The Hall–Kier alpha value is -1.14. The number of rotatable bonds is 6. The van der Waals surface area contributed by atoms with Gasteiger partial charge in [0.1, 0.15) is 12.6 Å². The third-order valence-corrected chi connectivity index (χ3v) is 4.55. The van der Waals surface area contributed by atoms with E-state index in [-0.39, 0.29) is 48.4 Å². The fourth-order valence-corrected chi connectivity index (χ4v) is 2.93. The number of nitrogens with one attached hydrogen (secondary N) is 1. The average Bonchev–Trinajstić information content (AvgIpc) is 3.18. The molecule has 0 aromatic rings. The Balaban J connectivity index is 0.00000364. The number of ether oxygens (including phenoxy) is 2. The monoisotopic (exact) mass is 497 g/mol. The molecular formula is C17H32IN5O4. The van der Waals surface area contributed by atoms with E-state index in [1.807, 2.05) is 4.90 Å². The van der Waals surface area contributed by atoms with Crippen LogP contribution in [0.5, 0.6) is 0 Å². The number of halogens is 1. The topological polar surface area (TPSA) is 86.7 Å². The molecule has 2 rings (SSSR count). The number of carbonyl (C=O) groups is 2. The molecule has 2 aliphatic heterocycles. The van der Waals surface area contributed by atoms with Gasteiger partial charge < -0.3 is 29.5 Å². The summed E-state index contributed by atoms with van der Waals surface area (Å²) in [5.74, 6) is 0.723. The van der Waals surface area contributed by atoms with Crippen molar-refractivity contribution in [3.8, 4) is 0 Å². The van der Waals surface area contributed by atoms with Crippen molar-refractivity contribution < 1.29 is 19.1 Å². The van der Waals surface area contributed by atoms with Crippen molar-refractivity contribution in [2.45, 2.75) is 18.9 Å². The Morgan fingerprint density at radius 2 is 1.89 bits per heavy atom. The molecule has 1 atom stereocenters. The lowest BCUT2D eigenvalue weighted by Gasteiger charge is -2.37. The zero-order valence-electron chi connectivity index (χ0n) is 16.5. The number of methoxy groups -OCH3 is 1. The number of guanidine groups is 1. The largest absolute Gasteiger partial charge is 0.383 e. The number of hydrogen-bond acceptors (Lipinski definition) is 5. The molecule has 1 N–H and O–H groups in total. The maximum atomic E-state index is 12.4. The molecule has 0 aromatic carbocycles. The van der Waals surface area contributed by atoms with Gasteiger partial charge in [-0.1, -0.05) is 0 Å². The van der Waals surface area contributed by atoms with Crippen LogP contribution in [0.4, 0.5) is 0 Å². The fraction of sp³-hybridized carbons (Fsp3) is 0.824. The first-order valence-corrected chi connectivity index (χ1v) is 9.15. The van der Waals surface area contributed by atoms with E-state index in [0.717, 1.165) is 12.8 Å². The van der Waals surface area contributed by atoms with Gasteiger partial charge in [0.25, 0.3) is 5.91 Å². The number of piperazine rings is 1. The van der Waals surface area contributed by atoms with Crippen LogP contribution >= 0.6 is 24.0 Å². The molecule has 1 unspecified atom stereocenters. The molecule has 0 bridgehead atoms. The molecule has 27 heavy (non-hydrogen) atoms. The van der Waals surface area contributed by atoms with Gasteiger partial charge in [-0.15, -0.1) is 24.0 Å². The van der Waals surface area contributed by atoms with Crippen LogP contribution in [0.15, 0.2) is 4.99 Å². The van der Waals surface area contributed by atoms with E-state index in [4.69, 9.17) is 9.47 Å². The van der Waals surface area contributed by atoms with Gasteiger partial charge in [-0.05, 0) is 12.8 Å². The number of hydrogen-bond donors (Lipinski definition) is 1.